The lowest BCUT2D eigenvalue weighted by atomic mass is 10.0. The van der Waals surface area contributed by atoms with Crippen LogP contribution in [0.5, 0.6) is 0 Å². The number of hydrogen-bond donors (Lipinski definition) is 2. The quantitative estimate of drug-likeness (QED) is 0.568. The Hall–Kier alpha value is -0.570. The van der Waals surface area contributed by atoms with Crippen LogP contribution >= 0.6 is 0 Å². The highest BCUT2D eigenvalue weighted by Crippen LogP contribution is 2.10. The van der Waals surface area contributed by atoms with Crippen molar-refractivity contribution >= 4 is 6.41 Å². The van der Waals surface area contributed by atoms with E-state index in [0.717, 1.165) is 13.0 Å². The van der Waals surface area contributed by atoms with Crippen molar-refractivity contribution in [2.75, 3.05) is 6.54 Å². The molecule has 0 aliphatic carbocycles. The maximum atomic E-state index is 10.1. The van der Waals surface area contributed by atoms with Gasteiger partial charge in [0.15, 0.2) is 0 Å². The molecule has 3 heteroatoms. The SMILES string of the molecule is CCC(N[C]=O)C1CCCN1. The van der Waals surface area contributed by atoms with E-state index < -0.39 is 0 Å². The summed E-state index contributed by atoms with van der Waals surface area (Å²) in [6, 6.07) is 0.747. The lowest BCUT2D eigenvalue weighted by molar-refractivity contribution is 0.424. The minimum atomic E-state index is 0.273. The van der Waals surface area contributed by atoms with E-state index in [1.165, 1.54) is 12.8 Å². The van der Waals surface area contributed by atoms with E-state index >= 15 is 0 Å². The topological polar surface area (TPSA) is 41.1 Å². The second kappa shape index (κ2) is 4.34. The van der Waals surface area contributed by atoms with Gasteiger partial charge in [-0.2, -0.15) is 0 Å². The van der Waals surface area contributed by atoms with Crippen molar-refractivity contribution in [1.82, 2.24) is 10.6 Å². The number of hydrogen-bond acceptors (Lipinski definition) is 2. The van der Waals surface area contributed by atoms with Crippen LogP contribution in [-0.4, -0.2) is 25.0 Å². The van der Waals surface area contributed by atoms with Crippen LogP contribution in [0.25, 0.3) is 0 Å². The highest BCUT2D eigenvalue weighted by molar-refractivity contribution is 5.47. The van der Waals surface area contributed by atoms with Crippen molar-refractivity contribution in [3.05, 3.63) is 0 Å². The Bertz CT molecular complexity index is 121. The summed E-state index contributed by atoms with van der Waals surface area (Å²) in [5.74, 6) is 0. The first-order valence-electron chi connectivity index (χ1n) is 4.24. The molecule has 3 nitrogen and oxygen atoms in total. The second-order valence-electron chi connectivity index (χ2n) is 2.96. The van der Waals surface area contributed by atoms with Crippen molar-refractivity contribution in [3.63, 3.8) is 0 Å². The molecule has 63 valence electrons. The zero-order valence-corrected chi connectivity index (χ0v) is 6.89. The molecular weight excluding hydrogens is 140 g/mol. The number of amides is 1. The largest absolute Gasteiger partial charge is 0.344 e. The third-order valence-electron chi connectivity index (χ3n) is 2.27. The summed E-state index contributed by atoms with van der Waals surface area (Å²) in [6.07, 6.45) is 5.13. The Morgan fingerprint density at radius 1 is 1.82 bits per heavy atom. The number of rotatable bonds is 4. The van der Waals surface area contributed by atoms with Crippen molar-refractivity contribution in [1.29, 1.82) is 0 Å². The Kier molecular flexibility index (Phi) is 3.36. The van der Waals surface area contributed by atoms with Crippen LogP contribution in [0, 0.1) is 0 Å². The van der Waals surface area contributed by atoms with Gasteiger partial charge in [-0.3, -0.25) is 4.79 Å². The predicted octanol–water partition coefficient (Wildman–Crippen LogP) is 0.174. The molecule has 1 amide bonds. The molecule has 2 N–H and O–H groups in total. The molecule has 1 rings (SSSR count). The highest BCUT2D eigenvalue weighted by Gasteiger charge is 2.22. The summed E-state index contributed by atoms with van der Waals surface area (Å²) < 4.78 is 0. The molecule has 0 aromatic rings. The van der Waals surface area contributed by atoms with Gasteiger partial charge >= 0.3 is 6.41 Å². The molecule has 2 unspecified atom stereocenters. The third-order valence-corrected chi connectivity index (χ3v) is 2.27. The Morgan fingerprint density at radius 2 is 2.64 bits per heavy atom. The van der Waals surface area contributed by atoms with Gasteiger partial charge in [0.2, 0.25) is 0 Å². The van der Waals surface area contributed by atoms with Crippen molar-refractivity contribution in [2.24, 2.45) is 0 Å². The monoisotopic (exact) mass is 155 g/mol. The minimum absolute atomic E-state index is 0.273. The smallest absolute Gasteiger partial charge is 0.309 e. The Morgan fingerprint density at radius 3 is 3.09 bits per heavy atom. The maximum Gasteiger partial charge on any atom is 0.309 e. The first kappa shape index (κ1) is 8.53. The summed E-state index contributed by atoms with van der Waals surface area (Å²) in [4.78, 5) is 10.1. The fourth-order valence-corrected chi connectivity index (χ4v) is 1.62. The lowest BCUT2D eigenvalue weighted by Crippen LogP contribution is -2.43. The van der Waals surface area contributed by atoms with Crippen molar-refractivity contribution in [2.45, 2.75) is 38.3 Å². The van der Waals surface area contributed by atoms with E-state index in [1.807, 2.05) is 0 Å². The lowest BCUT2D eigenvalue weighted by Gasteiger charge is -2.20. The molecule has 11 heavy (non-hydrogen) atoms. The fourth-order valence-electron chi connectivity index (χ4n) is 1.62. The van der Waals surface area contributed by atoms with E-state index in [9.17, 15) is 4.79 Å². The van der Waals surface area contributed by atoms with Gasteiger partial charge in [0.1, 0.15) is 0 Å². The molecule has 0 aromatic carbocycles. The van der Waals surface area contributed by atoms with E-state index in [1.54, 1.807) is 6.41 Å². The van der Waals surface area contributed by atoms with Crippen LogP contribution < -0.4 is 10.6 Å². The Labute approximate surface area is 67.5 Å². The van der Waals surface area contributed by atoms with Gasteiger partial charge < -0.3 is 10.6 Å². The highest BCUT2D eigenvalue weighted by atomic mass is 16.1. The first-order chi connectivity index (χ1) is 5.38. The van der Waals surface area contributed by atoms with Gasteiger partial charge in [-0.25, -0.2) is 0 Å². The molecule has 1 fully saturated rings. The van der Waals surface area contributed by atoms with E-state index in [2.05, 4.69) is 17.6 Å². The van der Waals surface area contributed by atoms with Gasteiger partial charge in [-0.15, -0.1) is 0 Å². The van der Waals surface area contributed by atoms with Crippen LogP contribution in [0.1, 0.15) is 26.2 Å². The molecule has 1 aliphatic heterocycles. The standard InChI is InChI=1S/C8H15N2O/c1-2-7(10-6-11)8-4-3-5-9-8/h7-9H,2-5H2,1H3,(H,10,11). The van der Waals surface area contributed by atoms with Crippen molar-refractivity contribution < 1.29 is 4.79 Å². The summed E-state index contributed by atoms with van der Waals surface area (Å²) in [7, 11) is 0. The van der Waals surface area contributed by atoms with E-state index in [0.29, 0.717) is 6.04 Å². The summed E-state index contributed by atoms with van der Waals surface area (Å²) in [6.45, 7) is 3.16. The molecule has 0 saturated carbocycles. The molecule has 1 aliphatic rings. The van der Waals surface area contributed by atoms with E-state index in [4.69, 9.17) is 0 Å². The fraction of sp³-hybridized carbons (Fsp3) is 0.875. The number of nitrogens with one attached hydrogen (secondary N) is 2. The van der Waals surface area contributed by atoms with Crippen LogP contribution in [-0.2, 0) is 4.79 Å². The summed E-state index contributed by atoms with van der Waals surface area (Å²) in [5, 5.41) is 6.06. The molecule has 2 atom stereocenters. The van der Waals surface area contributed by atoms with Crippen LogP contribution in [0.15, 0.2) is 0 Å². The average molecular weight is 155 g/mol. The molecular formula is C8H15N2O. The summed E-state index contributed by atoms with van der Waals surface area (Å²) >= 11 is 0. The first-order valence-corrected chi connectivity index (χ1v) is 4.24. The van der Waals surface area contributed by atoms with Crippen LogP contribution in [0.3, 0.4) is 0 Å². The van der Waals surface area contributed by atoms with Crippen molar-refractivity contribution in [3.8, 4) is 0 Å². The van der Waals surface area contributed by atoms with Gasteiger partial charge in [0.25, 0.3) is 0 Å². The molecule has 0 bridgehead atoms. The molecule has 1 saturated heterocycles. The van der Waals surface area contributed by atoms with Crippen LogP contribution in [0.4, 0.5) is 0 Å². The van der Waals surface area contributed by atoms with Gasteiger partial charge in [-0.05, 0) is 25.8 Å². The van der Waals surface area contributed by atoms with Crippen LogP contribution in [0.2, 0.25) is 0 Å². The molecule has 1 radical (unpaired) electrons. The van der Waals surface area contributed by atoms with Gasteiger partial charge in [0.05, 0.1) is 0 Å². The number of carbonyl (C=O) groups excluding carboxylic acids is 1. The zero-order chi connectivity index (χ0) is 8.10. The third kappa shape index (κ3) is 2.19. The summed E-state index contributed by atoms with van der Waals surface area (Å²) in [5.41, 5.74) is 0. The average Bonchev–Trinajstić information content (AvgIpc) is 2.52. The second-order valence-corrected chi connectivity index (χ2v) is 2.96. The Balaban J connectivity index is 2.33. The van der Waals surface area contributed by atoms with Gasteiger partial charge in [-0.1, -0.05) is 6.92 Å². The maximum absolute atomic E-state index is 10.1. The van der Waals surface area contributed by atoms with E-state index in [-0.39, 0.29) is 6.04 Å². The van der Waals surface area contributed by atoms with Gasteiger partial charge in [0, 0.05) is 12.1 Å². The molecule has 0 aromatic heterocycles. The molecule has 0 spiro atoms. The predicted molar refractivity (Wildman–Crippen MR) is 43.9 cm³/mol. The zero-order valence-electron chi connectivity index (χ0n) is 6.89. The molecule has 1 heterocycles. The minimum Gasteiger partial charge on any atom is -0.344 e. The normalized spacial score (nSPS) is 26.5.